The molecule has 0 aliphatic carbocycles. The molecule has 4 rings (SSSR count). The Bertz CT molecular complexity index is 633. The second-order valence-corrected chi connectivity index (χ2v) is 6.84. The second kappa shape index (κ2) is 6.86. The molecule has 0 saturated carbocycles. The number of hydrogen-bond acceptors (Lipinski definition) is 2. The Kier molecular flexibility index (Phi) is 4.45. The molecule has 0 unspecified atom stereocenters. The molecule has 23 heavy (non-hydrogen) atoms. The van der Waals surface area contributed by atoms with Gasteiger partial charge in [-0.25, -0.2) is 0 Å². The van der Waals surface area contributed by atoms with Crippen LogP contribution in [0.3, 0.4) is 0 Å². The van der Waals surface area contributed by atoms with E-state index < -0.39 is 0 Å². The highest BCUT2D eigenvalue weighted by molar-refractivity contribution is 5.40. The summed E-state index contributed by atoms with van der Waals surface area (Å²) in [6, 6.07) is 19.9. The first-order chi connectivity index (χ1) is 11.4. The fourth-order valence-corrected chi connectivity index (χ4v) is 4.03. The van der Waals surface area contributed by atoms with Crippen LogP contribution in [0.4, 0.5) is 0 Å². The molecule has 2 heteroatoms. The normalized spacial score (nSPS) is 25.0. The van der Waals surface area contributed by atoms with Crippen molar-refractivity contribution < 1.29 is 4.74 Å². The molecule has 0 bridgehead atoms. The zero-order chi connectivity index (χ0) is 15.5. The molecule has 1 saturated heterocycles. The quantitative estimate of drug-likeness (QED) is 0.842. The van der Waals surface area contributed by atoms with Crippen LogP contribution in [0.2, 0.25) is 0 Å². The van der Waals surface area contributed by atoms with Crippen molar-refractivity contribution in [1.29, 1.82) is 0 Å². The number of ether oxygens (including phenoxy) is 1. The van der Waals surface area contributed by atoms with E-state index in [1.807, 2.05) is 0 Å². The fraction of sp³-hybridized carbons (Fsp3) is 0.429. The third-order valence-electron chi connectivity index (χ3n) is 5.20. The second-order valence-electron chi connectivity index (χ2n) is 6.84. The molecule has 0 aromatic heterocycles. The minimum absolute atomic E-state index is 0.422. The molecular weight excluding hydrogens is 282 g/mol. The molecule has 0 amide bonds. The van der Waals surface area contributed by atoms with Crippen LogP contribution >= 0.6 is 0 Å². The molecule has 1 fully saturated rings. The van der Waals surface area contributed by atoms with Crippen LogP contribution in [-0.4, -0.2) is 30.7 Å². The fourth-order valence-electron chi connectivity index (χ4n) is 4.03. The van der Waals surface area contributed by atoms with Gasteiger partial charge in [-0.1, -0.05) is 54.6 Å². The van der Waals surface area contributed by atoms with Crippen LogP contribution in [0.15, 0.2) is 54.6 Å². The van der Waals surface area contributed by atoms with Crippen LogP contribution in [0.1, 0.15) is 41.9 Å². The van der Waals surface area contributed by atoms with Gasteiger partial charge in [0.2, 0.25) is 0 Å². The van der Waals surface area contributed by atoms with E-state index in [2.05, 4.69) is 59.5 Å². The monoisotopic (exact) mass is 307 g/mol. The summed E-state index contributed by atoms with van der Waals surface area (Å²) in [4.78, 5) is 2.59. The lowest BCUT2D eigenvalue weighted by molar-refractivity contribution is -0.00889. The molecule has 2 nitrogen and oxygen atoms in total. The maximum Gasteiger partial charge on any atom is 0.0702 e. The largest absolute Gasteiger partial charge is 0.377 e. The average molecular weight is 307 g/mol. The summed E-state index contributed by atoms with van der Waals surface area (Å²) in [6.45, 7) is 4.16. The van der Waals surface area contributed by atoms with Crippen LogP contribution in [0, 0.1) is 0 Å². The Morgan fingerprint density at radius 2 is 1.78 bits per heavy atom. The predicted octanol–water partition coefficient (Wildman–Crippen LogP) is 4.20. The van der Waals surface area contributed by atoms with Gasteiger partial charge in [-0.2, -0.15) is 0 Å². The predicted molar refractivity (Wildman–Crippen MR) is 93.6 cm³/mol. The van der Waals surface area contributed by atoms with Crippen molar-refractivity contribution >= 4 is 0 Å². The third-order valence-corrected chi connectivity index (χ3v) is 5.20. The summed E-state index contributed by atoms with van der Waals surface area (Å²) in [6.07, 6.45) is 4.18. The molecule has 2 aliphatic heterocycles. The maximum absolute atomic E-state index is 5.97. The molecule has 0 spiro atoms. The van der Waals surface area contributed by atoms with Gasteiger partial charge in [0, 0.05) is 32.2 Å². The van der Waals surface area contributed by atoms with E-state index in [9.17, 15) is 0 Å². The third kappa shape index (κ3) is 3.34. The Hall–Kier alpha value is -1.64. The van der Waals surface area contributed by atoms with Crippen molar-refractivity contribution in [2.75, 3.05) is 19.7 Å². The molecule has 120 valence electrons. The highest BCUT2D eigenvalue weighted by Crippen LogP contribution is 2.33. The average Bonchev–Trinajstić information content (AvgIpc) is 2.63. The van der Waals surface area contributed by atoms with Crippen LogP contribution in [0.25, 0.3) is 0 Å². The first-order valence-electron chi connectivity index (χ1n) is 8.87. The first-order valence-corrected chi connectivity index (χ1v) is 8.87. The molecule has 2 aromatic carbocycles. The van der Waals surface area contributed by atoms with Crippen LogP contribution < -0.4 is 0 Å². The highest BCUT2D eigenvalue weighted by Gasteiger charge is 2.28. The Morgan fingerprint density at radius 3 is 2.61 bits per heavy atom. The number of nitrogens with zero attached hydrogens (tertiary/aromatic N) is 1. The molecule has 2 atom stereocenters. The molecule has 2 heterocycles. The minimum Gasteiger partial charge on any atom is -0.377 e. The van der Waals surface area contributed by atoms with Gasteiger partial charge in [-0.15, -0.1) is 0 Å². The van der Waals surface area contributed by atoms with E-state index in [-0.39, 0.29) is 0 Å². The van der Waals surface area contributed by atoms with Gasteiger partial charge in [0.25, 0.3) is 0 Å². The highest BCUT2D eigenvalue weighted by atomic mass is 16.5. The Morgan fingerprint density at radius 1 is 0.957 bits per heavy atom. The number of hydrogen-bond donors (Lipinski definition) is 0. The topological polar surface area (TPSA) is 12.5 Å². The van der Waals surface area contributed by atoms with Gasteiger partial charge >= 0.3 is 0 Å². The van der Waals surface area contributed by atoms with Gasteiger partial charge in [0.15, 0.2) is 0 Å². The summed E-state index contributed by atoms with van der Waals surface area (Å²) in [5, 5.41) is 0. The van der Waals surface area contributed by atoms with Crippen LogP contribution in [-0.2, 0) is 11.3 Å². The molecular formula is C21H25NO. The first kappa shape index (κ1) is 14.9. The molecule has 2 aliphatic rings. The number of fused-ring (bicyclic) bond motifs is 1. The van der Waals surface area contributed by atoms with E-state index in [0.717, 1.165) is 26.2 Å². The number of benzene rings is 2. The lowest BCUT2D eigenvalue weighted by atomic mass is 9.84. The van der Waals surface area contributed by atoms with Gasteiger partial charge < -0.3 is 4.74 Å². The van der Waals surface area contributed by atoms with E-state index in [1.54, 1.807) is 0 Å². The van der Waals surface area contributed by atoms with E-state index in [4.69, 9.17) is 4.74 Å². The summed E-state index contributed by atoms with van der Waals surface area (Å²) in [5.74, 6) is 0.477. The minimum atomic E-state index is 0.422. The summed E-state index contributed by atoms with van der Waals surface area (Å²) in [5.41, 5.74) is 4.40. The maximum atomic E-state index is 5.97. The van der Waals surface area contributed by atoms with Crippen molar-refractivity contribution in [2.24, 2.45) is 0 Å². The molecule has 0 N–H and O–H groups in total. The van der Waals surface area contributed by atoms with E-state index in [1.165, 1.54) is 36.0 Å². The lowest BCUT2D eigenvalue weighted by Gasteiger charge is -2.37. The van der Waals surface area contributed by atoms with Crippen molar-refractivity contribution in [3.05, 3.63) is 71.3 Å². The SMILES string of the molecule is c1ccc([C@H]2CN(C[C@@H]3CCCCO3)Cc3ccccc32)cc1. The smallest absolute Gasteiger partial charge is 0.0702 e. The van der Waals surface area contributed by atoms with Crippen molar-refractivity contribution in [2.45, 2.75) is 37.8 Å². The lowest BCUT2D eigenvalue weighted by Crippen LogP contribution is -2.40. The van der Waals surface area contributed by atoms with E-state index >= 15 is 0 Å². The standard InChI is InChI=1S/C21H25NO/c1-2-8-17(9-3-1)21-16-22(15-19-11-6-7-13-23-19)14-18-10-4-5-12-20(18)21/h1-5,8-10,12,19,21H,6-7,11,13-16H2/t19-,21+/m0/s1. The summed E-state index contributed by atoms with van der Waals surface area (Å²) in [7, 11) is 0. The summed E-state index contributed by atoms with van der Waals surface area (Å²) < 4.78 is 5.97. The van der Waals surface area contributed by atoms with Crippen LogP contribution in [0.5, 0.6) is 0 Å². The van der Waals surface area contributed by atoms with Gasteiger partial charge in [-0.05, 0) is 36.0 Å². The zero-order valence-corrected chi connectivity index (χ0v) is 13.7. The summed E-state index contributed by atoms with van der Waals surface area (Å²) >= 11 is 0. The number of rotatable bonds is 3. The van der Waals surface area contributed by atoms with Crippen molar-refractivity contribution in [3.63, 3.8) is 0 Å². The van der Waals surface area contributed by atoms with Crippen molar-refractivity contribution in [3.8, 4) is 0 Å². The Labute approximate surface area is 139 Å². The van der Waals surface area contributed by atoms with Gasteiger partial charge in [0.05, 0.1) is 6.10 Å². The van der Waals surface area contributed by atoms with Gasteiger partial charge in [0.1, 0.15) is 0 Å². The Balaban J connectivity index is 1.58. The van der Waals surface area contributed by atoms with E-state index in [0.29, 0.717) is 12.0 Å². The molecule has 2 aromatic rings. The van der Waals surface area contributed by atoms with Crippen molar-refractivity contribution in [1.82, 2.24) is 4.90 Å². The zero-order valence-electron chi connectivity index (χ0n) is 13.7. The van der Waals surface area contributed by atoms with Gasteiger partial charge in [-0.3, -0.25) is 4.90 Å². The molecule has 0 radical (unpaired) electrons.